The molecular weight excluding hydrogens is 877 g/mol. The minimum absolute atomic E-state index is 0.00660. The number of nitrogens with one attached hydrogen (secondary N) is 2. The molecule has 4 aromatic heterocycles. The van der Waals surface area contributed by atoms with Gasteiger partial charge in [0.1, 0.15) is 50.2 Å². The fourth-order valence-electron chi connectivity index (χ4n) is 6.74. The van der Waals surface area contributed by atoms with Crippen LogP contribution in [0.3, 0.4) is 0 Å². The highest BCUT2D eigenvalue weighted by Crippen LogP contribution is 2.33. The van der Waals surface area contributed by atoms with Crippen LogP contribution in [0.1, 0.15) is 69.0 Å². The number of ether oxygens (including phenoxy) is 4. The summed E-state index contributed by atoms with van der Waals surface area (Å²) in [5.74, 6) is -0.850. The summed E-state index contributed by atoms with van der Waals surface area (Å²) in [4.78, 5) is 48.0. The SMILES string of the molecule is Cc1c(COc2cnc(CNC[C@@H](O)CC(=O)O)nc2OCc2cncc(C#N)c2)cccc1-c1cccc(COc2cnc(CNC[C@@H](O)CC(=O)O)nc2OCc2cncc(C#N)c2)c1C. The number of nitrogens with zero attached hydrogens (tertiary/aromatic N) is 8. The van der Waals surface area contributed by atoms with E-state index in [0.29, 0.717) is 33.9 Å². The molecule has 0 unspecified atom stereocenters. The Bertz CT molecular complexity index is 2610. The average molecular weight is 925 g/mol. The monoisotopic (exact) mass is 924 g/mol. The summed E-state index contributed by atoms with van der Waals surface area (Å²) in [6.45, 7) is 4.53. The number of hydrogen-bond donors (Lipinski definition) is 6. The van der Waals surface area contributed by atoms with Gasteiger partial charge in [0.25, 0.3) is 11.8 Å². The highest BCUT2D eigenvalue weighted by atomic mass is 16.5. The lowest BCUT2D eigenvalue weighted by Crippen LogP contribution is -2.29. The van der Waals surface area contributed by atoms with Crippen molar-refractivity contribution in [2.24, 2.45) is 0 Å². The van der Waals surface area contributed by atoms with Crippen molar-refractivity contribution in [2.45, 2.75) is 78.4 Å². The van der Waals surface area contributed by atoms with Gasteiger partial charge in [0.05, 0.1) is 61.7 Å². The van der Waals surface area contributed by atoms with Crippen LogP contribution in [0.25, 0.3) is 11.1 Å². The number of benzene rings is 2. The second-order valence-corrected chi connectivity index (χ2v) is 15.4. The molecule has 0 aliphatic carbocycles. The standard InChI is InChI=1S/C48H48N10O10/c1-29-35(27-65-41-21-55-43(23-53-19-37(59)11-45(61)62)57-47(41)67-25-33-9-31(13-49)15-51-17-33)5-3-7-39(29)40-8-4-6-36(30(40)2)28-66-42-22-56-44(24-54-20-38(60)12-46(63)64)58-48(42)68-26-34-10-32(14-50)16-52-18-34/h3-10,15-18,21-22,37-38,53-54,59-60H,11-12,19-20,23-28H2,1-2H3,(H,61,62)(H,63,64)/t37-,38-/m0/s1. The summed E-state index contributed by atoms with van der Waals surface area (Å²) in [7, 11) is 0. The zero-order valence-electron chi connectivity index (χ0n) is 37.1. The largest absolute Gasteiger partial charge is 0.482 e. The number of hydrogen-bond acceptors (Lipinski definition) is 18. The molecule has 20 nitrogen and oxygen atoms in total. The zero-order valence-corrected chi connectivity index (χ0v) is 37.1. The van der Waals surface area contributed by atoms with E-state index < -0.39 is 37.0 Å². The normalized spacial score (nSPS) is 11.7. The van der Waals surface area contributed by atoms with E-state index in [-0.39, 0.29) is 75.9 Å². The van der Waals surface area contributed by atoms with Crippen molar-refractivity contribution < 1.29 is 49.0 Å². The number of aliphatic carboxylic acids is 2. The van der Waals surface area contributed by atoms with Crippen LogP contribution in [0.15, 0.2) is 85.7 Å². The number of pyridine rings is 2. The molecule has 68 heavy (non-hydrogen) atoms. The predicted octanol–water partition coefficient (Wildman–Crippen LogP) is 4.25. The number of carboxylic acids is 2. The van der Waals surface area contributed by atoms with Crippen LogP contribution in [-0.4, -0.2) is 87.6 Å². The average Bonchev–Trinajstić information content (AvgIpc) is 3.32. The third-order valence-electron chi connectivity index (χ3n) is 10.2. The van der Waals surface area contributed by atoms with Crippen molar-refractivity contribution in [2.75, 3.05) is 13.1 Å². The lowest BCUT2D eigenvalue weighted by molar-refractivity contribution is -0.140. The third-order valence-corrected chi connectivity index (χ3v) is 10.2. The smallest absolute Gasteiger partial charge is 0.306 e. The highest BCUT2D eigenvalue weighted by Gasteiger charge is 2.18. The van der Waals surface area contributed by atoms with Crippen LogP contribution in [0, 0.1) is 36.5 Å². The van der Waals surface area contributed by atoms with Gasteiger partial charge in [-0.05, 0) is 59.4 Å². The molecular formula is C48H48N10O10. The van der Waals surface area contributed by atoms with Gasteiger partial charge in [0.2, 0.25) is 0 Å². The molecule has 2 aromatic carbocycles. The molecule has 0 aliphatic rings. The van der Waals surface area contributed by atoms with Gasteiger partial charge in [0.15, 0.2) is 11.5 Å². The molecule has 6 rings (SSSR count). The van der Waals surface area contributed by atoms with Gasteiger partial charge >= 0.3 is 11.9 Å². The molecule has 6 N–H and O–H groups in total. The van der Waals surface area contributed by atoms with E-state index in [9.17, 15) is 30.3 Å². The second-order valence-electron chi connectivity index (χ2n) is 15.4. The number of aliphatic hydroxyl groups is 2. The number of carboxylic acid groups (broad SMARTS) is 2. The molecule has 2 atom stereocenters. The van der Waals surface area contributed by atoms with Crippen molar-refractivity contribution in [3.63, 3.8) is 0 Å². The molecule has 350 valence electrons. The van der Waals surface area contributed by atoms with Crippen LogP contribution in [0.4, 0.5) is 0 Å². The quantitative estimate of drug-likeness (QED) is 0.0467. The van der Waals surface area contributed by atoms with Gasteiger partial charge < -0.3 is 50.0 Å². The Morgan fingerprint density at radius 1 is 0.618 bits per heavy atom. The number of aliphatic hydroxyl groups excluding tert-OH is 2. The van der Waals surface area contributed by atoms with E-state index in [1.807, 2.05) is 50.2 Å². The Labute approximate surface area is 390 Å². The molecule has 0 bridgehead atoms. The van der Waals surface area contributed by atoms with E-state index in [4.69, 9.17) is 29.2 Å². The Balaban J connectivity index is 1.17. The van der Waals surface area contributed by atoms with Gasteiger partial charge in [-0.2, -0.15) is 20.5 Å². The Kier molecular flexibility index (Phi) is 17.7. The Hall–Kier alpha value is -8.14. The zero-order chi connectivity index (χ0) is 48.4. The fraction of sp³-hybridized carbons (Fsp3) is 0.292. The molecule has 6 aromatic rings. The first kappa shape index (κ1) is 49.3. The molecule has 0 aliphatic heterocycles. The van der Waals surface area contributed by atoms with Crippen molar-refractivity contribution >= 4 is 11.9 Å². The van der Waals surface area contributed by atoms with E-state index in [0.717, 1.165) is 33.4 Å². The van der Waals surface area contributed by atoms with Crippen LogP contribution in [0.5, 0.6) is 23.3 Å². The number of nitriles is 2. The fourth-order valence-corrected chi connectivity index (χ4v) is 6.74. The molecule has 0 saturated carbocycles. The maximum Gasteiger partial charge on any atom is 0.306 e. The number of carbonyl (C=O) groups is 2. The van der Waals surface area contributed by atoms with Crippen LogP contribution in [0.2, 0.25) is 0 Å². The predicted molar refractivity (Wildman–Crippen MR) is 241 cm³/mol. The topological polar surface area (TPSA) is 301 Å². The summed E-state index contributed by atoms with van der Waals surface area (Å²) in [6.07, 6.45) is 5.98. The van der Waals surface area contributed by atoms with Gasteiger partial charge in [-0.15, -0.1) is 0 Å². The van der Waals surface area contributed by atoms with Gasteiger partial charge in [-0.25, -0.2) is 9.97 Å². The minimum Gasteiger partial charge on any atom is -0.482 e. The van der Waals surface area contributed by atoms with Crippen LogP contribution in [-0.2, 0) is 49.1 Å². The first-order valence-electron chi connectivity index (χ1n) is 21.2. The van der Waals surface area contributed by atoms with Gasteiger partial charge in [-0.1, -0.05) is 36.4 Å². The van der Waals surface area contributed by atoms with E-state index in [2.05, 4.69) is 52.7 Å². The first-order valence-corrected chi connectivity index (χ1v) is 21.2. The summed E-state index contributed by atoms with van der Waals surface area (Å²) in [5, 5.41) is 62.4. The maximum absolute atomic E-state index is 11.0. The minimum atomic E-state index is -1.12. The van der Waals surface area contributed by atoms with Crippen LogP contribution < -0.4 is 29.6 Å². The third kappa shape index (κ3) is 14.4. The molecule has 0 fully saturated rings. The van der Waals surface area contributed by atoms with Gasteiger partial charge in [-0.3, -0.25) is 19.6 Å². The summed E-state index contributed by atoms with van der Waals surface area (Å²) in [6, 6.07) is 19.2. The Morgan fingerprint density at radius 2 is 1.04 bits per heavy atom. The molecule has 0 saturated heterocycles. The second kappa shape index (κ2) is 24.4. The first-order chi connectivity index (χ1) is 32.9. The van der Waals surface area contributed by atoms with Crippen molar-refractivity contribution in [3.05, 3.63) is 142 Å². The van der Waals surface area contributed by atoms with Crippen LogP contribution >= 0.6 is 0 Å². The van der Waals surface area contributed by atoms with Gasteiger partial charge in [0, 0.05) is 49.0 Å². The lowest BCUT2D eigenvalue weighted by Gasteiger charge is -2.18. The molecule has 4 heterocycles. The molecule has 20 heteroatoms. The van der Waals surface area contributed by atoms with Crippen molar-refractivity contribution in [1.29, 1.82) is 10.5 Å². The Morgan fingerprint density at radius 3 is 1.44 bits per heavy atom. The van der Waals surface area contributed by atoms with Crippen molar-refractivity contribution in [1.82, 2.24) is 40.5 Å². The number of aromatic nitrogens is 6. The molecule has 0 spiro atoms. The summed E-state index contributed by atoms with van der Waals surface area (Å²) in [5.41, 5.74) is 7.57. The molecule has 0 amide bonds. The van der Waals surface area contributed by atoms with E-state index >= 15 is 0 Å². The summed E-state index contributed by atoms with van der Waals surface area (Å²) < 4.78 is 24.7. The van der Waals surface area contributed by atoms with E-state index in [1.54, 1.807) is 24.5 Å². The highest BCUT2D eigenvalue weighted by molar-refractivity contribution is 5.72. The maximum atomic E-state index is 11.0. The lowest BCUT2D eigenvalue weighted by atomic mass is 9.92. The number of rotatable bonds is 25. The van der Waals surface area contributed by atoms with Crippen molar-refractivity contribution in [3.8, 4) is 46.5 Å². The van der Waals surface area contributed by atoms with E-state index in [1.165, 1.54) is 24.8 Å². The molecule has 0 radical (unpaired) electrons. The summed E-state index contributed by atoms with van der Waals surface area (Å²) >= 11 is 0.